The van der Waals surface area contributed by atoms with Crippen LogP contribution in [-0.2, 0) is 16.1 Å². The number of carbonyl (C=O) groups excluding carboxylic acids is 2. The highest BCUT2D eigenvalue weighted by Gasteiger charge is 2.50. The third-order valence-electron chi connectivity index (χ3n) is 6.98. The summed E-state index contributed by atoms with van der Waals surface area (Å²) in [6, 6.07) is 0.442. The van der Waals surface area contributed by atoms with E-state index in [2.05, 4.69) is 9.88 Å². The van der Waals surface area contributed by atoms with Crippen molar-refractivity contribution < 1.29 is 9.59 Å². The van der Waals surface area contributed by atoms with Gasteiger partial charge in [-0.1, -0.05) is 19.3 Å². The van der Waals surface area contributed by atoms with Gasteiger partial charge in [0.25, 0.3) is 0 Å². The molecule has 0 radical (unpaired) electrons. The summed E-state index contributed by atoms with van der Waals surface area (Å²) in [5.74, 6) is 1.44. The van der Waals surface area contributed by atoms with Gasteiger partial charge in [-0.3, -0.25) is 9.59 Å². The molecule has 6 heteroatoms. The van der Waals surface area contributed by atoms with Crippen LogP contribution in [0.5, 0.6) is 0 Å². The Morgan fingerprint density at radius 3 is 2.74 bits per heavy atom. The molecular formula is C21H32N4O2. The Balaban J connectivity index is 1.37. The van der Waals surface area contributed by atoms with E-state index in [-0.39, 0.29) is 11.3 Å². The lowest BCUT2D eigenvalue weighted by molar-refractivity contribution is -0.149. The molecule has 2 aliphatic heterocycles. The van der Waals surface area contributed by atoms with Crippen molar-refractivity contribution in [1.29, 1.82) is 0 Å². The number of carbonyl (C=O) groups is 2. The second-order valence-electron chi connectivity index (χ2n) is 8.66. The molecule has 1 atom stereocenters. The number of amides is 2. The molecule has 0 aromatic carbocycles. The van der Waals surface area contributed by atoms with Crippen LogP contribution in [0.15, 0.2) is 12.4 Å². The third kappa shape index (κ3) is 3.63. The minimum Gasteiger partial charge on any atom is -0.342 e. The van der Waals surface area contributed by atoms with Crippen LogP contribution in [0.2, 0.25) is 0 Å². The molecule has 148 valence electrons. The molecule has 6 nitrogen and oxygen atoms in total. The molecule has 3 aliphatic rings. The highest BCUT2D eigenvalue weighted by Crippen LogP contribution is 2.42. The molecule has 1 aliphatic carbocycles. The van der Waals surface area contributed by atoms with Crippen LogP contribution >= 0.6 is 0 Å². The van der Waals surface area contributed by atoms with Crippen molar-refractivity contribution in [1.82, 2.24) is 19.4 Å². The second-order valence-corrected chi connectivity index (χ2v) is 8.66. The zero-order chi connectivity index (χ0) is 18.9. The number of hydrogen-bond acceptors (Lipinski definition) is 3. The van der Waals surface area contributed by atoms with Gasteiger partial charge < -0.3 is 14.4 Å². The summed E-state index contributed by atoms with van der Waals surface area (Å²) in [7, 11) is 0. The molecule has 1 spiro atoms. The monoisotopic (exact) mass is 372 g/mol. The summed E-state index contributed by atoms with van der Waals surface area (Å²) >= 11 is 0. The number of aryl methyl sites for hydroxylation is 2. The first-order chi connectivity index (χ1) is 13.1. The van der Waals surface area contributed by atoms with Crippen LogP contribution < -0.4 is 0 Å². The summed E-state index contributed by atoms with van der Waals surface area (Å²) in [6.45, 7) is 4.88. The first kappa shape index (κ1) is 18.5. The number of rotatable bonds is 4. The van der Waals surface area contributed by atoms with Gasteiger partial charge in [-0.15, -0.1) is 0 Å². The van der Waals surface area contributed by atoms with Gasteiger partial charge in [0.1, 0.15) is 5.82 Å². The van der Waals surface area contributed by atoms with Gasteiger partial charge in [0.15, 0.2) is 0 Å². The molecule has 3 fully saturated rings. The van der Waals surface area contributed by atoms with Crippen molar-refractivity contribution in [2.75, 3.05) is 19.6 Å². The van der Waals surface area contributed by atoms with Gasteiger partial charge >= 0.3 is 0 Å². The SMILES string of the molecule is Cc1nccn1CCC(=O)N1CC[C@]2(CCCN(C3CCCCC3)C2=O)C1. The minimum atomic E-state index is -0.309. The van der Waals surface area contributed by atoms with Crippen LogP contribution in [0.1, 0.15) is 63.6 Å². The van der Waals surface area contributed by atoms with Crippen LogP contribution in [-0.4, -0.2) is 56.8 Å². The average molecular weight is 373 g/mol. The van der Waals surface area contributed by atoms with E-state index in [1.165, 1.54) is 19.3 Å². The molecule has 0 N–H and O–H groups in total. The Kier molecular flexibility index (Phi) is 5.24. The molecule has 4 rings (SSSR count). The lowest BCUT2D eigenvalue weighted by Gasteiger charge is -2.44. The van der Waals surface area contributed by atoms with Crippen molar-refractivity contribution in [2.24, 2.45) is 5.41 Å². The molecule has 0 unspecified atom stereocenters. The Morgan fingerprint density at radius 2 is 2.00 bits per heavy atom. The summed E-state index contributed by atoms with van der Waals surface area (Å²) < 4.78 is 2.01. The molecule has 3 heterocycles. The number of hydrogen-bond donors (Lipinski definition) is 0. The third-order valence-corrected chi connectivity index (χ3v) is 6.98. The van der Waals surface area contributed by atoms with Gasteiger partial charge in [0.05, 0.1) is 5.41 Å². The molecule has 1 saturated carbocycles. The molecule has 2 saturated heterocycles. The standard InChI is InChI=1S/C21H32N4O2/c1-17-22-11-15-23(17)13-8-19(26)24-14-10-21(16-24)9-5-12-25(20(21)27)18-6-3-2-4-7-18/h11,15,18H,2-10,12-14,16H2,1H3/t21-/m1/s1. The van der Waals surface area contributed by atoms with E-state index in [4.69, 9.17) is 0 Å². The second kappa shape index (κ2) is 7.64. The quantitative estimate of drug-likeness (QED) is 0.817. The summed E-state index contributed by atoms with van der Waals surface area (Å²) in [4.78, 5) is 34.5. The number of imidazole rings is 1. The lowest BCUT2D eigenvalue weighted by Crippen LogP contribution is -2.54. The number of aromatic nitrogens is 2. The highest BCUT2D eigenvalue weighted by molar-refractivity contribution is 5.86. The Hall–Kier alpha value is -1.85. The average Bonchev–Trinajstić information content (AvgIpc) is 3.30. The first-order valence-corrected chi connectivity index (χ1v) is 10.7. The predicted molar refractivity (Wildman–Crippen MR) is 103 cm³/mol. The van der Waals surface area contributed by atoms with Crippen LogP contribution in [0.3, 0.4) is 0 Å². The van der Waals surface area contributed by atoms with Gasteiger partial charge in [0, 0.05) is 51.0 Å². The minimum absolute atomic E-state index is 0.169. The van der Waals surface area contributed by atoms with Crippen LogP contribution in [0, 0.1) is 12.3 Å². The highest BCUT2D eigenvalue weighted by atomic mass is 16.2. The van der Waals surface area contributed by atoms with Crippen molar-refractivity contribution >= 4 is 11.8 Å². The Labute approximate surface area is 161 Å². The van der Waals surface area contributed by atoms with Crippen molar-refractivity contribution in [3.8, 4) is 0 Å². The Morgan fingerprint density at radius 1 is 1.19 bits per heavy atom. The zero-order valence-electron chi connectivity index (χ0n) is 16.5. The zero-order valence-corrected chi connectivity index (χ0v) is 16.5. The lowest BCUT2D eigenvalue weighted by atomic mass is 9.77. The summed E-state index contributed by atoms with van der Waals surface area (Å²) in [5.41, 5.74) is -0.309. The number of nitrogens with zero attached hydrogens (tertiary/aromatic N) is 4. The van der Waals surface area contributed by atoms with Gasteiger partial charge in [-0.25, -0.2) is 4.98 Å². The molecule has 27 heavy (non-hydrogen) atoms. The predicted octanol–water partition coefficient (Wildman–Crippen LogP) is 2.76. The molecule has 1 aromatic heterocycles. The van der Waals surface area contributed by atoms with Gasteiger partial charge in [0.2, 0.25) is 11.8 Å². The number of likely N-dealkylation sites (tertiary alicyclic amines) is 2. The van der Waals surface area contributed by atoms with E-state index in [0.29, 0.717) is 31.5 Å². The fourth-order valence-electron chi connectivity index (χ4n) is 5.32. The maximum atomic E-state index is 13.4. The van der Waals surface area contributed by atoms with Crippen LogP contribution in [0.25, 0.3) is 0 Å². The maximum Gasteiger partial charge on any atom is 0.230 e. The molecule has 0 bridgehead atoms. The van der Waals surface area contributed by atoms with Gasteiger partial charge in [-0.2, -0.15) is 0 Å². The molecular weight excluding hydrogens is 340 g/mol. The van der Waals surface area contributed by atoms with E-state index < -0.39 is 0 Å². The fraction of sp³-hybridized carbons (Fsp3) is 0.762. The van der Waals surface area contributed by atoms with E-state index in [0.717, 1.165) is 51.0 Å². The normalized spacial score (nSPS) is 26.9. The number of piperidine rings is 1. The smallest absolute Gasteiger partial charge is 0.230 e. The topological polar surface area (TPSA) is 58.4 Å². The van der Waals surface area contributed by atoms with E-state index in [1.807, 2.05) is 22.6 Å². The molecule has 2 amide bonds. The van der Waals surface area contributed by atoms with Crippen molar-refractivity contribution in [3.05, 3.63) is 18.2 Å². The van der Waals surface area contributed by atoms with Crippen molar-refractivity contribution in [3.63, 3.8) is 0 Å². The van der Waals surface area contributed by atoms with Crippen LogP contribution in [0.4, 0.5) is 0 Å². The maximum absolute atomic E-state index is 13.4. The van der Waals surface area contributed by atoms with Crippen molar-refractivity contribution in [2.45, 2.75) is 77.3 Å². The summed E-state index contributed by atoms with van der Waals surface area (Å²) in [6.07, 6.45) is 13.2. The summed E-state index contributed by atoms with van der Waals surface area (Å²) in [5, 5.41) is 0. The Bertz CT molecular complexity index is 694. The van der Waals surface area contributed by atoms with E-state index >= 15 is 0 Å². The first-order valence-electron chi connectivity index (χ1n) is 10.7. The van der Waals surface area contributed by atoms with E-state index in [9.17, 15) is 9.59 Å². The largest absolute Gasteiger partial charge is 0.342 e. The van der Waals surface area contributed by atoms with E-state index in [1.54, 1.807) is 6.20 Å². The fourth-order valence-corrected chi connectivity index (χ4v) is 5.32. The van der Waals surface area contributed by atoms with Gasteiger partial charge in [-0.05, 0) is 39.0 Å². The molecule has 1 aromatic rings.